The molecule has 9 nitrogen and oxygen atoms in total. The number of amides is 2. The van der Waals surface area contributed by atoms with Crippen LogP contribution in [0.25, 0.3) is 0 Å². The Morgan fingerprint density at radius 3 is 1.93 bits per heavy atom. The molecule has 0 fully saturated rings. The predicted octanol–water partition coefficient (Wildman–Crippen LogP) is 2.72. The first kappa shape index (κ1) is 24.9. The Hall–Kier alpha value is -3.10. The molecule has 0 bridgehead atoms. The molecule has 9 heteroatoms. The minimum absolute atomic E-state index is 0.0890. The van der Waals surface area contributed by atoms with Crippen LogP contribution in [0, 0.1) is 0 Å². The number of hydrogen-bond donors (Lipinski definition) is 2. The van der Waals surface area contributed by atoms with Crippen molar-refractivity contribution in [3.05, 3.63) is 35.9 Å². The molecule has 1 atom stereocenters. The highest BCUT2D eigenvalue weighted by Crippen LogP contribution is 2.10. The van der Waals surface area contributed by atoms with E-state index in [1.807, 2.05) is 6.07 Å². The molecule has 0 unspecified atom stereocenters. The van der Waals surface area contributed by atoms with Crippen LogP contribution in [0.3, 0.4) is 0 Å². The third kappa shape index (κ3) is 11.0. The lowest BCUT2D eigenvalue weighted by Crippen LogP contribution is -2.46. The summed E-state index contributed by atoms with van der Waals surface area (Å²) in [5, 5.41) is 4.63. The largest absolute Gasteiger partial charge is 0.444 e. The Balaban J connectivity index is 2.72. The molecule has 0 heterocycles. The zero-order valence-electron chi connectivity index (χ0n) is 18.2. The fourth-order valence-corrected chi connectivity index (χ4v) is 2.17. The fourth-order valence-electron chi connectivity index (χ4n) is 2.17. The van der Waals surface area contributed by atoms with Crippen LogP contribution in [-0.4, -0.2) is 47.9 Å². The molecule has 1 aromatic carbocycles. The van der Waals surface area contributed by atoms with Crippen LogP contribution < -0.4 is 10.6 Å². The van der Waals surface area contributed by atoms with Crippen LogP contribution in [0.5, 0.6) is 0 Å². The quantitative estimate of drug-likeness (QED) is 0.411. The first-order chi connectivity index (χ1) is 13.7. The average molecular weight is 422 g/mol. The van der Waals surface area contributed by atoms with E-state index in [2.05, 4.69) is 10.6 Å². The van der Waals surface area contributed by atoms with Crippen molar-refractivity contribution in [1.82, 2.24) is 10.6 Å². The van der Waals surface area contributed by atoms with Crippen LogP contribution in [0.2, 0.25) is 0 Å². The zero-order chi connectivity index (χ0) is 22.9. The number of esters is 2. The van der Waals surface area contributed by atoms with Crippen molar-refractivity contribution in [2.24, 2.45) is 0 Å². The second-order valence-corrected chi connectivity index (χ2v) is 8.54. The lowest BCUT2D eigenvalue weighted by atomic mass is 10.1. The molecule has 0 saturated carbocycles. The Morgan fingerprint density at radius 1 is 0.867 bits per heavy atom. The molecule has 0 spiro atoms. The van der Waals surface area contributed by atoms with E-state index in [0.29, 0.717) is 0 Å². The van der Waals surface area contributed by atoms with Crippen molar-refractivity contribution < 1.29 is 33.4 Å². The van der Waals surface area contributed by atoms with Gasteiger partial charge in [0.1, 0.15) is 23.8 Å². The van der Waals surface area contributed by atoms with E-state index >= 15 is 0 Å². The molecular formula is C21H30N2O7. The van der Waals surface area contributed by atoms with Crippen molar-refractivity contribution >= 4 is 24.1 Å². The number of ether oxygens (including phenoxy) is 3. The van der Waals surface area contributed by atoms with E-state index in [1.165, 1.54) is 0 Å². The summed E-state index contributed by atoms with van der Waals surface area (Å²) in [7, 11) is 0. The molecule has 2 N–H and O–H groups in total. The van der Waals surface area contributed by atoms with Gasteiger partial charge in [-0.05, 0) is 47.1 Å². The van der Waals surface area contributed by atoms with Gasteiger partial charge in [-0.2, -0.15) is 0 Å². The number of hydrogen-bond acceptors (Lipinski definition) is 7. The van der Waals surface area contributed by atoms with Gasteiger partial charge in [-0.15, -0.1) is 0 Å². The lowest BCUT2D eigenvalue weighted by Gasteiger charge is -2.23. The minimum atomic E-state index is -1.16. The molecule has 0 aliphatic carbocycles. The second kappa shape index (κ2) is 10.6. The molecular weight excluding hydrogens is 392 g/mol. The molecule has 0 saturated heterocycles. The van der Waals surface area contributed by atoms with Crippen LogP contribution >= 0.6 is 0 Å². The van der Waals surface area contributed by atoms with E-state index < -0.39 is 47.9 Å². The average Bonchev–Trinajstić information content (AvgIpc) is 2.57. The fraction of sp³-hybridized carbons (Fsp3) is 0.524. The molecule has 2 amide bonds. The molecule has 30 heavy (non-hydrogen) atoms. The van der Waals surface area contributed by atoms with Crippen LogP contribution in [-0.2, 0) is 30.2 Å². The Labute approximate surface area is 176 Å². The molecule has 0 radical (unpaired) electrons. The van der Waals surface area contributed by atoms with Gasteiger partial charge < -0.3 is 24.8 Å². The summed E-state index contributed by atoms with van der Waals surface area (Å²) in [6, 6.07) is 7.74. The third-order valence-corrected chi connectivity index (χ3v) is 3.25. The summed E-state index contributed by atoms with van der Waals surface area (Å²) in [5.74, 6) is -1.96. The normalized spacial score (nSPS) is 12.3. The van der Waals surface area contributed by atoms with Gasteiger partial charge in [-0.1, -0.05) is 30.3 Å². The van der Waals surface area contributed by atoms with Gasteiger partial charge in [-0.3, -0.25) is 0 Å². The topological polar surface area (TPSA) is 120 Å². The maximum atomic E-state index is 12.5. The summed E-state index contributed by atoms with van der Waals surface area (Å²) >= 11 is 0. The van der Waals surface area contributed by atoms with E-state index in [4.69, 9.17) is 14.2 Å². The molecule has 0 aromatic heterocycles. The minimum Gasteiger partial charge on any atom is -0.444 e. The van der Waals surface area contributed by atoms with Crippen LogP contribution in [0.15, 0.2) is 30.3 Å². The number of carbonyl (C=O) groups excluding carboxylic acids is 4. The van der Waals surface area contributed by atoms with E-state index in [0.717, 1.165) is 5.56 Å². The maximum absolute atomic E-state index is 12.5. The molecule has 1 aromatic rings. The van der Waals surface area contributed by atoms with Gasteiger partial charge >= 0.3 is 24.1 Å². The van der Waals surface area contributed by atoms with E-state index in [-0.39, 0.29) is 6.42 Å². The number of carbonyl (C=O) groups is 4. The highest BCUT2D eigenvalue weighted by atomic mass is 16.6. The van der Waals surface area contributed by atoms with Gasteiger partial charge in [0.2, 0.25) is 0 Å². The van der Waals surface area contributed by atoms with Crippen molar-refractivity contribution in [1.29, 1.82) is 0 Å². The summed E-state index contributed by atoms with van der Waals surface area (Å²) in [4.78, 5) is 48.1. The molecule has 0 aliphatic heterocycles. The van der Waals surface area contributed by atoms with Crippen LogP contribution in [0.1, 0.15) is 47.1 Å². The van der Waals surface area contributed by atoms with Gasteiger partial charge in [-0.25, -0.2) is 19.2 Å². The van der Waals surface area contributed by atoms with Gasteiger partial charge in [0.15, 0.2) is 0 Å². The maximum Gasteiger partial charge on any atom is 0.408 e. The molecule has 166 valence electrons. The Bertz CT molecular complexity index is 749. The summed E-state index contributed by atoms with van der Waals surface area (Å²) in [5.41, 5.74) is -0.754. The molecule has 0 aliphatic rings. The summed E-state index contributed by atoms with van der Waals surface area (Å²) in [6.07, 6.45) is -1.55. The Morgan fingerprint density at radius 2 is 1.40 bits per heavy atom. The monoisotopic (exact) mass is 422 g/mol. The smallest absolute Gasteiger partial charge is 0.408 e. The standard InChI is InChI=1S/C21H30N2O7/c1-20(2,3)29-18(26)22-13-16(24)28-17(25)15(12-14-10-8-7-9-11-14)23-19(27)30-21(4,5)6/h7-11,15H,12-13H2,1-6H3,(H,22,26)(H,23,27)/t15-/m0/s1. The van der Waals surface area contributed by atoms with Crippen molar-refractivity contribution in [2.45, 2.75) is 65.2 Å². The third-order valence-electron chi connectivity index (χ3n) is 3.25. The van der Waals surface area contributed by atoms with Gasteiger partial charge in [0, 0.05) is 6.42 Å². The summed E-state index contributed by atoms with van der Waals surface area (Å²) in [6.45, 7) is 9.50. The first-order valence-corrected chi connectivity index (χ1v) is 9.50. The molecule has 1 rings (SSSR count). The van der Waals surface area contributed by atoms with Gasteiger partial charge in [0.25, 0.3) is 0 Å². The highest BCUT2D eigenvalue weighted by Gasteiger charge is 2.28. The first-order valence-electron chi connectivity index (χ1n) is 9.50. The van der Waals surface area contributed by atoms with E-state index in [1.54, 1.807) is 65.8 Å². The van der Waals surface area contributed by atoms with Gasteiger partial charge in [0.05, 0.1) is 0 Å². The SMILES string of the molecule is CC(C)(C)OC(=O)NCC(=O)OC(=O)[C@H](Cc1ccccc1)NC(=O)OC(C)(C)C. The Kier molecular flexibility index (Phi) is 8.82. The van der Waals surface area contributed by atoms with E-state index in [9.17, 15) is 19.2 Å². The summed E-state index contributed by atoms with van der Waals surface area (Å²) < 4.78 is 15.0. The van der Waals surface area contributed by atoms with Crippen molar-refractivity contribution in [3.8, 4) is 0 Å². The number of nitrogens with one attached hydrogen (secondary N) is 2. The number of benzene rings is 1. The van der Waals surface area contributed by atoms with Crippen molar-refractivity contribution in [3.63, 3.8) is 0 Å². The second-order valence-electron chi connectivity index (χ2n) is 8.54. The predicted molar refractivity (Wildman–Crippen MR) is 109 cm³/mol. The van der Waals surface area contributed by atoms with Crippen LogP contribution in [0.4, 0.5) is 9.59 Å². The number of rotatable bonds is 6. The van der Waals surface area contributed by atoms with Crippen molar-refractivity contribution in [2.75, 3.05) is 6.54 Å². The number of alkyl carbamates (subject to hydrolysis) is 2. The highest BCUT2D eigenvalue weighted by molar-refractivity contribution is 5.92. The zero-order valence-corrected chi connectivity index (χ0v) is 18.2. The lowest BCUT2D eigenvalue weighted by molar-refractivity contribution is -0.160.